The summed E-state index contributed by atoms with van der Waals surface area (Å²) in [6.07, 6.45) is 0.657. The van der Waals surface area contributed by atoms with E-state index in [1.807, 2.05) is 0 Å². The standard InChI is InChI=1S/C13H16ClNO3/c1-18-12-6-11(8-16)15(7-12)13(17)9-3-2-4-10(14)5-9/h2-5,11-12,16H,6-8H2,1H3/t11-,12-/m0/s1. The van der Waals surface area contributed by atoms with Crippen LogP contribution in [0.4, 0.5) is 0 Å². The predicted octanol–water partition coefficient (Wildman–Crippen LogP) is 1.56. The number of halogens is 1. The SMILES string of the molecule is CO[C@H]1C[C@@H](CO)N(C(=O)c2cccc(Cl)c2)C1. The number of hydrogen-bond donors (Lipinski definition) is 1. The van der Waals surface area contributed by atoms with E-state index in [1.165, 1.54) is 0 Å². The number of aliphatic hydroxyl groups excluding tert-OH is 1. The van der Waals surface area contributed by atoms with Gasteiger partial charge in [0.05, 0.1) is 18.8 Å². The molecule has 1 N–H and O–H groups in total. The summed E-state index contributed by atoms with van der Waals surface area (Å²) in [7, 11) is 1.62. The molecule has 0 saturated carbocycles. The van der Waals surface area contributed by atoms with Gasteiger partial charge >= 0.3 is 0 Å². The highest BCUT2D eigenvalue weighted by Gasteiger charge is 2.35. The van der Waals surface area contributed by atoms with E-state index in [-0.39, 0.29) is 24.7 Å². The molecule has 18 heavy (non-hydrogen) atoms. The number of ether oxygens (including phenoxy) is 1. The largest absolute Gasteiger partial charge is 0.394 e. The van der Waals surface area contributed by atoms with Gasteiger partial charge < -0.3 is 14.7 Å². The number of methoxy groups -OCH3 is 1. The quantitative estimate of drug-likeness (QED) is 0.906. The third-order valence-corrected chi connectivity index (χ3v) is 3.49. The van der Waals surface area contributed by atoms with E-state index in [9.17, 15) is 9.90 Å². The molecule has 98 valence electrons. The van der Waals surface area contributed by atoms with Crippen LogP contribution in [0.2, 0.25) is 5.02 Å². The first-order valence-electron chi connectivity index (χ1n) is 5.86. The van der Waals surface area contributed by atoms with Crippen LogP contribution in [0.3, 0.4) is 0 Å². The number of nitrogens with zero attached hydrogens (tertiary/aromatic N) is 1. The van der Waals surface area contributed by atoms with Gasteiger partial charge in [0.2, 0.25) is 0 Å². The molecule has 0 aromatic heterocycles. The lowest BCUT2D eigenvalue weighted by molar-refractivity contribution is 0.0648. The molecule has 1 saturated heterocycles. The first kappa shape index (κ1) is 13.3. The van der Waals surface area contributed by atoms with Gasteiger partial charge in [-0.2, -0.15) is 0 Å². The first-order chi connectivity index (χ1) is 8.65. The van der Waals surface area contributed by atoms with Crippen LogP contribution in [0, 0.1) is 0 Å². The van der Waals surface area contributed by atoms with Crippen molar-refractivity contribution in [3.05, 3.63) is 34.9 Å². The molecule has 0 bridgehead atoms. The summed E-state index contributed by atoms with van der Waals surface area (Å²) in [6, 6.07) is 6.65. The summed E-state index contributed by atoms with van der Waals surface area (Å²) < 4.78 is 5.25. The molecule has 4 nitrogen and oxygen atoms in total. The topological polar surface area (TPSA) is 49.8 Å². The molecular weight excluding hydrogens is 254 g/mol. The zero-order chi connectivity index (χ0) is 13.1. The summed E-state index contributed by atoms with van der Waals surface area (Å²) >= 11 is 5.88. The van der Waals surface area contributed by atoms with Crippen molar-refractivity contribution in [2.75, 3.05) is 20.3 Å². The third-order valence-electron chi connectivity index (χ3n) is 3.25. The van der Waals surface area contributed by atoms with Crippen LogP contribution in [0.1, 0.15) is 16.8 Å². The molecule has 1 fully saturated rings. The highest BCUT2D eigenvalue weighted by atomic mass is 35.5. The third kappa shape index (κ3) is 2.66. The molecule has 1 aliphatic heterocycles. The van der Waals surface area contributed by atoms with Crippen LogP contribution >= 0.6 is 11.6 Å². The van der Waals surface area contributed by atoms with Crippen LogP contribution in [0.15, 0.2) is 24.3 Å². The van der Waals surface area contributed by atoms with E-state index in [2.05, 4.69) is 0 Å². The van der Waals surface area contributed by atoms with Gasteiger partial charge in [0.25, 0.3) is 5.91 Å². The highest BCUT2D eigenvalue weighted by molar-refractivity contribution is 6.30. The van der Waals surface area contributed by atoms with Crippen LogP contribution in [0.5, 0.6) is 0 Å². The normalized spacial score (nSPS) is 23.4. The Balaban J connectivity index is 2.17. The van der Waals surface area contributed by atoms with Crippen molar-refractivity contribution >= 4 is 17.5 Å². The first-order valence-corrected chi connectivity index (χ1v) is 6.23. The van der Waals surface area contributed by atoms with Crippen molar-refractivity contribution in [1.29, 1.82) is 0 Å². The minimum atomic E-state index is -0.179. The predicted molar refractivity (Wildman–Crippen MR) is 68.8 cm³/mol. The molecule has 5 heteroatoms. The zero-order valence-electron chi connectivity index (χ0n) is 10.2. The maximum Gasteiger partial charge on any atom is 0.254 e. The van der Waals surface area contributed by atoms with Crippen molar-refractivity contribution in [3.8, 4) is 0 Å². The summed E-state index contributed by atoms with van der Waals surface area (Å²) in [6.45, 7) is 0.458. The van der Waals surface area contributed by atoms with E-state index < -0.39 is 0 Å². The second kappa shape index (κ2) is 5.69. The monoisotopic (exact) mass is 269 g/mol. The lowest BCUT2D eigenvalue weighted by Gasteiger charge is -2.22. The number of rotatable bonds is 3. The van der Waals surface area contributed by atoms with Crippen molar-refractivity contribution in [2.24, 2.45) is 0 Å². The van der Waals surface area contributed by atoms with Crippen molar-refractivity contribution in [1.82, 2.24) is 4.90 Å². The number of aliphatic hydroxyl groups is 1. The Kier molecular flexibility index (Phi) is 4.22. The Labute approximate surface area is 111 Å². The molecule has 0 spiro atoms. The molecule has 1 aliphatic rings. The Hall–Kier alpha value is -1.10. The van der Waals surface area contributed by atoms with E-state index in [0.717, 1.165) is 0 Å². The van der Waals surface area contributed by atoms with Gasteiger partial charge in [0.1, 0.15) is 0 Å². The van der Waals surface area contributed by atoms with E-state index >= 15 is 0 Å². The fourth-order valence-corrected chi connectivity index (χ4v) is 2.44. The molecular formula is C13H16ClNO3. The molecule has 0 radical (unpaired) electrons. The van der Waals surface area contributed by atoms with E-state index in [0.29, 0.717) is 23.6 Å². The zero-order valence-corrected chi connectivity index (χ0v) is 10.9. The van der Waals surface area contributed by atoms with Crippen LogP contribution < -0.4 is 0 Å². The van der Waals surface area contributed by atoms with Crippen LogP contribution in [-0.4, -0.2) is 48.3 Å². The fraction of sp³-hybridized carbons (Fsp3) is 0.462. The van der Waals surface area contributed by atoms with Gasteiger partial charge in [-0.25, -0.2) is 0 Å². The molecule has 2 atom stereocenters. The summed E-state index contributed by atoms with van der Waals surface area (Å²) in [4.78, 5) is 14.0. The van der Waals surface area contributed by atoms with Gasteiger partial charge in [-0.1, -0.05) is 17.7 Å². The molecule has 1 aromatic carbocycles. The fourth-order valence-electron chi connectivity index (χ4n) is 2.25. The Bertz CT molecular complexity index is 438. The highest BCUT2D eigenvalue weighted by Crippen LogP contribution is 2.23. The molecule has 1 aromatic rings. The van der Waals surface area contributed by atoms with Crippen molar-refractivity contribution in [2.45, 2.75) is 18.6 Å². The molecule has 1 heterocycles. The minimum Gasteiger partial charge on any atom is -0.394 e. The number of likely N-dealkylation sites (tertiary alicyclic amines) is 1. The lowest BCUT2D eigenvalue weighted by atomic mass is 10.1. The maximum absolute atomic E-state index is 12.3. The number of hydrogen-bond acceptors (Lipinski definition) is 3. The second-order valence-electron chi connectivity index (χ2n) is 4.40. The van der Waals surface area contributed by atoms with Crippen molar-refractivity contribution < 1.29 is 14.6 Å². The van der Waals surface area contributed by atoms with Gasteiger partial charge in [0, 0.05) is 24.2 Å². The van der Waals surface area contributed by atoms with Gasteiger partial charge in [-0.15, -0.1) is 0 Å². The van der Waals surface area contributed by atoms with E-state index in [1.54, 1.807) is 36.3 Å². The van der Waals surface area contributed by atoms with Crippen LogP contribution in [0.25, 0.3) is 0 Å². The Morgan fingerprint density at radius 1 is 1.61 bits per heavy atom. The molecule has 0 unspecified atom stereocenters. The molecule has 0 aliphatic carbocycles. The number of benzene rings is 1. The van der Waals surface area contributed by atoms with Crippen molar-refractivity contribution in [3.63, 3.8) is 0 Å². The van der Waals surface area contributed by atoms with E-state index in [4.69, 9.17) is 16.3 Å². The smallest absolute Gasteiger partial charge is 0.254 e. The number of carbonyl (C=O) groups excluding carboxylic acids is 1. The number of amides is 1. The van der Waals surface area contributed by atoms with Crippen LogP contribution in [-0.2, 0) is 4.74 Å². The second-order valence-corrected chi connectivity index (χ2v) is 4.83. The van der Waals surface area contributed by atoms with Gasteiger partial charge in [0.15, 0.2) is 0 Å². The molecule has 2 rings (SSSR count). The maximum atomic E-state index is 12.3. The summed E-state index contributed by atoms with van der Waals surface area (Å²) in [5.74, 6) is -0.115. The Morgan fingerprint density at radius 2 is 2.39 bits per heavy atom. The molecule has 1 amide bonds. The number of carbonyl (C=O) groups is 1. The Morgan fingerprint density at radius 3 is 3.00 bits per heavy atom. The average molecular weight is 270 g/mol. The summed E-state index contributed by atoms with van der Waals surface area (Å²) in [5, 5.41) is 9.86. The van der Waals surface area contributed by atoms with Gasteiger partial charge in [-0.3, -0.25) is 4.79 Å². The summed E-state index contributed by atoms with van der Waals surface area (Å²) in [5.41, 5.74) is 0.540. The van der Waals surface area contributed by atoms with Gasteiger partial charge in [-0.05, 0) is 24.6 Å². The lowest BCUT2D eigenvalue weighted by Crippen LogP contribution is -2.38. The minimum absolute atomic E-state index is 0.00900. The average Bonchev–Trinajstić information content (AvgIpc) is 2.81.